The van der Waals surface area contributed by atoms with E-state index in [-0.39, 0.29) is 35.9 Å². The lowest BCUT2D eigenvalue weighted by atomic mass is 10.1. The fraction of sp³-hybridized carbons (Fsp3) is 0.579. The number of benzene rings is 1. The van der Waals surface area contributed by atoms with Gasteiger partial charge in [0, 0.05) is 31.2 Å². The summed E-state index contributed by atoms with van der Waals surface area (Å²) in [5, 5.41) is 6.34. The van der Waals surface area contributed by atoms with Crippen molar-refractivity contribution in [1.29, 1.82) is 0 Å². The van der Waals surface area contributed by atoms with Crippen LogP contribution in [0.3, 0.4) is 0 Å². The predicted octanol–water partition coefficient (Wildman–Crippen LogP) is 2.63. The van der Waals surface area contributed by atoms with E-state index >= 15 is 0 Å². The minimum Gasteiger partial charge on any atom is -0.378 e. The van der Waals surface area contributed by atoms with Crippen molar-refractivity contribution in [1.82, 2.24) is 15.5 Å². The van der Waals surface area contributed by atoms with Gasteiger partial charge in [0.25, 0.3) is 5.91 Å². The summed E-state index contributed by atoms with van der Waals surface area (Å²) in [6.07, 6.45) is 0.918. The van der Waals surface area contributed by atoms with Gasteiger partial charge in [0.1, 0.15) is 0 Å². The van der Waals surface area contributed by atoms with Crippen molar-refractivity contribution >= 4 is 35.8 Å². The Bertz CT molecular complexity index is 589. The number of carbonyl (C=O) groups is 1. The first kappa shape index (κ1) is 22.7. The largest absolute Gasteiger partial charge is 0.378 e. The van der Waals surface area contributed by atoms with Crippen LogP contribution in [0.25, 0.3) is 0 Å². The third kappa shape index (κ3) is 7.11. The molecule has 1 aliphatic heterocycles. The summed E-state index contributed by atoms with van der Waals surface area (Å²) in [6.45, 7) is 10.7. The number of ether oxygens (including phenoxy) is 1. The molecule has 0 bridgehead atoms. The SMILES string of the molecule is CCNC(=NCc1cccc(C(=O)NC(C)CC)c1)N1CCOCC1.I. The Hall–Kier alpha value is -1.35. The average Bonchev–Trinajstić information content (AvgIpc) is 2.66. The van der Waals surface area contributed by atoms with Gasteiger partial charge in [0.2, 0.25) is 0 Å². The number of morpholine rings is 1. The van der Waals surface area contributed by atoms with Crippen LogP contribution in [-0.4, -0.2) is 55.7 Å². The molecule has 7 heteroatoms. The van der Waals surface area contributed by atoms with E-state index in [1.54, 1.807) is 0 Å². The summed E-state index contributed by atoms with van der Waals surface area (Å²) in [4.78, 5) is 19.2. The number of hydrogen-bond donors (Lipinski definition) is 2. The van der Waals surface area contributed by atoms with Crippen LogP contribution in [0.15, 0.2) is 29.3 Å². The Labute approximate surface area is 173 Å². The van der Waals surface area contributed by atoms with Crippen molar-refractivity contribution in [3.8, 4) is 0 Å². The molecule has 1 aromatic carbocycles. The van der Waals surface area contributed by atoms with E-state index in [1.165, 1.54) is 0 Å². The molecule has 1 fully saturated rings. The molecular weight excluding hydrogens is 443 g/mol. The molecule has 1 atom stereocenters. The summed E-state index contributed by atoms with van der Waals surface area (Å²) in [5.74, 6) is 0.875. The van der Waals surface area contributed by atoms with Crippen molar-refractivity contribution in [3.63, 3.8) is 0 Å². The Morgan fingerprint density at radius 2 is 2.04 bits per heavy atom. The van der Waals surface area contributed by atoms with E-state index in [0.29, 0.717) is 12.1 Å². The Balaban J connectivity index is 0.00000338. The minimum absolute atomic E-state index is 0. The number of carbonyl (C=O) groups excluding carboxylic acids is 1. The van der Waals surface area contributed by atoms with Gasteiger partial charge in [0.05, 0.1) is 19.8 Å². The molecule has 1 heterocycles. The molecule has 26 heavy (non-hydrogen) atoms. The molecule has 0 aromatic heterocycles. The van der Waals surface area contributed by atoms with Crippen LogP contribution in [0.4, 0.5) is 0 Å². The minimum atomic E-state index is -0.0275. The van der Waals surface area contributed by atoms with Crippen molar-refractivity contribution in [2.45, 2.75) is 39.8 Å². The number of aliphatic imine (C=N–C) groups is 1. The molecule has 0 aliphatic carbocycles. The number of nitrogens with zero attached hydrogens (tertiary/aromatic N) is 2. The maximum Gasteiger partial charge on any atom is 0.251 e. The first-order valence-electron chi connectivity index (χ1n) is 9.14. The van der Waals surface area contributed by atoms with Crippen LogP contribution in [0.2, 0.25) is 0 Å². The van der Waals surface area contributed by atoms with Crippen LogP contribution < -0.4 is 10.6 Å². The topological polar surface area (TPSA) is 66.0 Å². The average molecular weight is 474 g/mol. The second kappa shape index (κ2) is 12.1. The van der Waals surface area contributed by atoms with Gasteiger partial charge < -0.3 is 20.3 Å². The highest BCUT2D eigenvalue weighted by Crippen LogP contribution is 2.08. The van der Waals surface area contributed by atoms with Crippen LogP contribution in [0.5, 0.6) is 0 Å². The van der Waals surface area contributed by atoms with E-state index in [1.807, 2.05) is 31.2 Å². The molecule has 1 aliphatic rings. The molecule has 0 saturated carbocycles. The standard InChI is InChI=1S/C19H30N4O2.HI/c1-4-15(3)22-18(24)17-8-6-7-16(13-17)14-21-19(20-5-2)23-9-11-25-12-10-23;/h6-8,13,15H,4-5,9-12,14H2,1-3H3,(H,20,21)(H,22,24);1H. The van der Waals surface area contributed by atoms with Crippen molar-refractivity contribution in [2.75, 3.05) is 32.8 Å². The third-order valence-corrected chi connectivity index (χ3v) is 4.24. The molecular formula is C19H31IN4O2. The van der Waals surface area contributed by atoms with Gasteiger partial charge >= 0.3 is 0 Å². The Kier molecular flexibility index (Phi) is 10.6. The second-order valence-corrected chi connectivity index (χ2v) is 6.25. The zero-order chi connectivity index (χ0) is 18.1. The molecule has 2 rings (SSSR count). The first-order valence-corrected chi connectivity index (χ1v) is 9.14. The molecule has 146 valence electrons. The fourth-order valence-corrected chi connectivity index (χ4v) is 2.59. The lowest BCUT2D eigenvalue weighted by molar-refractivity contribution is 0.0664. The number of nitrogens with one attached hydrogen (secondary N) is 2. The molecule has 0 radical (unpaired) electrons. The van der Waals surface area contributed by atoms with Gasteiger partial charge in [-0.25, -0.2) is 4.99 Å². The summed E-state index contributed by atoms with van der Waals surface area (Å²) < 4.78 is 5.40. The summed E-state index contributed by atoms with van der Waals surface area (Å²) >= 11 is 0. The fourth-order valence-electron chi connectivity index (χ4n) is 2.59. The van der Waals surface area contributed by atoms with E-state index in [9.17, 15) is 4.79 Å². The number of amides is 1. The van der Waals surface area contributed by atoms with Crippen molar-refractivity contribution < 1.29 is 9.53 Å². The monoisotopic (exact) mass is 474 g/mol. The van der Waals surface area contributed by atoms with Crippen molar-refractivity contribution in [3.05, 3.63) is 35.4 Å². The molecule has 1 unspecified atom stereocenters. The van der Waals surface area contributed by atoms with E-state index in [4.69, 9.17) is 9.73 Å². The molecule has 6 nitrogen and oxygen atoms in total. The number of rotatable bonds is 6. The zero-order valence-electron chi connectivity index (χ0n) is 16.0. The van der Waals surface area contributed by atoms with Gasteiger partial charge in [-0.05, 0) is 38.0 Å². The van der Waals surface area contributed by atoms with Crippen LogP contribution in [0, 0.1) is 0 Å². The van der Waals surface area contributed by atoms with E-state index in [0.717, 1.165) is 50.8 Å². The van der Waals surface area contributed by atoms with Gasteiger partial charge in [0.15, 0.2) is 5.96 Å². The van der Waals surface area contributed by atoms with Gasteiger partial charge in [-0.1, -0.05) is 19.1 Å². The van der Waals surface area contributed by atoms with Gasteiger partial charge in [-0.2, -0.15) is 0 Å². The highest BCUT2D eigenvalue weighted by molar-refractivity contribution is 14.0. The summed E-state index contributed by atoms with van der Waals surface area (Å²) in [6, 6.07) is 7.86. The lowest BCUT2D eigenvalue weighted by Gasteiger charge is -2.30. The molecule has 1 saturated heterocycles. The summed E-state index contributed by atoms with van der Waals surface area (Å²) in [7, 11) is 0. The lowest BCUT2D eigenvalue weighted by Crippen LogP contribution is -2.47. The van der Waals surface area contributed by atoms with E-state index in [2.05, 4.69) is 29.4 Å². The van der Waals surface area contributed by atoms with Gasteiger partial charge in [-0.15, -0.1) is 24.0 Å². The van der Waals surface area contributed by atoms with Gasteiger partial charge in [-0.3, -0.25) is 4.79 Å². The number of hydrogen-bond acceptors (Lipinski definition) is 3. The third-order valence-electron chi connectivity index (χ3n) is 4.24. The first-order chi connectivity index (χ1) is 12.1. The normalized spacial score (nSPS) is 15.8. The van der Waals surface area contributed by atoms with E-state index < -0.39 is 0 Å². The Morgan fingerprint density at radius 3 is 2.69 bits per heavy atom. The molecule has 1 amide bonds. The number of halogens is 1. The predicted molar refractivity (Wildman–Crippen MR) is 116 cm³/mol. The number of guanidine groups is 1. The zero-order valence-corrected chi connectivity index (χ0v) is 18.3. The summed E-state index contributed by atoms with van der Waals surface area (Å²) in [5.41, 5.74) is 1.71. The van der Waals surface area contributed by atoms with Crippen molar-refractivity contribution in [2.24, 2.45) is 4.99 Å². The quantitative estimate of drug-likeness (QED) is 0.378. The molecule has 1 aromatic rings. The second-order valence-electron chi connectivity index (χ2n) is 6.25. The van der Waals surface area contributed by atoms with Crippen LogP contribution in [-0.2, 0) is 11.3 Å². The smallest absolute Gasteiger partial charge is 0.251 e. The molecule has 2 N–H and O–H groups in total. The maximum absolute atomic E-state index is 12.3. The van der Waals surface area contributed by atoms with Crippen LogP contribution >= 0.6 is 24.0 Å². The molecule has 0 spiro atoms. The maximum atomic E-state index is 12.3. The Morgan fingerprint density at radius 1 is 1.31 bits per heavy atom. The van der Waals surface area contributed by atoms with Crippen LogP contribution in [0.1, 0.15) is 43.1 Å². The highest BCUT2D eigenvalue weighted by Gasteiger charge is 2.14. The highest BCUT2D eigenvalue weighted by atomic mass is 127.